The number of unbranched alkanes of at least 4 members (excludes halogenated alkanes) is 2. The van der Waals surface area contributed by atoms with Crippen molar-refractivity contribution in [1.82, 2.24) is 10.6 Å². The number of carbonyl (C=O) groups excluding carboxylic acids is 1. The summed E-state index contributed by atoms with van der Waals surface area (Å²) in [6.45, 7) is 6.84. The average molecular weight is 481 g/mol. The summed E-state index contributed by atoms with van der Waals surface area (Å²) >= 11 is 1.81. The fraction of sp³-hybridized carbons (Fsp3) is 0.667. The second kappa shape index (κ2) is 15.4. The first-order chi connectivity index (χ1) is 11.7. The molecule has 25 heavy (non-hydrogen) atoms. The van der Waals surface area contributed by atoms with Gasteiger partial charge in [0.2, 0.25) is 0 Å². The van der Waals surface area contributed by atoms with E-state index in [1.165, 1.54) is 12.0 Å². The van der Waals surface area contributed by atoms with E-state index in [9.17, 15) is 4.79 Å². The lowest BCUT2D eigenvalue weighted by Gasteiger charge is -2.13. The molecule has 0 spiro atoms. The van der Waals surface area contributed by atoms with Crippen molar-refractivity contribution in [2.24, 2.45) is 10.9 Å². The van der Waals surface area contributed by atoms with E-state index in [2.05, 4.69) is 51.7 Å². The smallest absolute Gasteiger partial charge is 0.305 e. The average Bonchev–Trinajstić information content (AvgIpc) is 3.08. The van der Waals surface area contributed by atoms with Gasteiger partial charge in [-0.05, 0) is 43.6 Å². The van der Waals surface area contributed by atoms with Crippen LogP contribution in [0.3, 0.4) is 0 Å². The summed E-state index contributed by atoms with van der Waals surface area (Å²) in [6, 6.07) is 4.28. The number of esters is 1. The number of hydrogen-bond acceptors (Lipinski definition) is 4. The Hall–Kier alpha value is -0.830. The molecule has 0 aliphatic heterocycles. The number of guanidine groups is 1. The molecule has 0 bridgehead atoms. The lowest BCUT2D eigenvalue weighted by Crippen LogP contribution is -2.38. The summed E-state index contributed by atoms with van der Waals surface area (Å²) < 4.78 is 4.64. The molecule has 0 saturated carbocycles. The van der Waals surface area contributed by atoms with Crippen molar-refractivity contribution in [2.75, 3.05) is 26.7 Å². The minimum Gasteiger partial charge on any atom is -0.469 e. The van der Waals surface area contributed by atoms with Crippen molar-refractivity contribution in [3.63, 3.8) is 0 Å². The Labute approximate surface area is 173 Å². The Bertz CT molecular complexity index is 481. The van der Waals surface area contributed by atoms with Gasteiger partial charge >= 0.3 is 5.97 Å². The van der Waals surface area contributed by atoms with Crippen LogP contribution < -0.4 is 10.6 Å². The highest BCUT2D eigenvalue weighted by Gasteiger charge is 2.05. The van der Waals surface area contributed by atoms with Gasteiger partial charge in [-0.3, -0.25) is 9.79 Å². The number of hydrogen-bond donors (Lipinski definition) is 2. The van der Waals surface area contributed by atoms with E-state index in [0.717, 1.165) is 51.3 Å². The standard InChI is InChI=1S/C18H31N3O2S.HI/c1-4-19-18(20-11-7-5-6-10-17(22)23-3)21-14-15(2)13-16-9-8-12-24-16;/h8-9,12,15H,4-7,10-11,13-14H2,1-3H3,(H2,19,20,21);1H. The van der Waals surface area contributed by atoms with E-state index in [0.29, 0.717) is 12.3 Å². The molecular formula is C18H32IN3O2S. The molecule has 1 heterocycles. The normalized spacial score (nSPS) is 12.2. The lowest BCUT2D eigenvalue weighted by molar-refractivity contribution is -0.140. The lowest BCUT2D eigenvalue weighted by atomic mass is 10.1. The maximum absolute atomic E-state index is 11.0. The van der Waals surface area contributed by atoms with Crippen LogP contribution >= 0.6 is 35.3 Å². The number of aliphatic imine (C=N–C) groups is 1. The number of halogens is 1. The molecule has 2 N–H and O–H groups in total. The third kappa shape index (κ3) is 12.2. The Balaban J connectivity index is 0.00000576. The number of rotatable bonds is 11. The molecule has 0 saturated heterocycles. The largest absolute Gasteiger partial charge is 0.469 e. The highest BCUT2D eigenvalue weighted by atomic mass is 127. The topological polar surface area (TPSA) is 62.7 Å². The zero-order valence-corrected chi connectivity index (χ0v) is 18.7. The molecular weight excluding hydrogens is 449 g/mol. The van der Waals surface area contributed by atoms with Crippen LogP contribution in [0, 0.1) is 5.92 Å². The third-order valence-corrected chi connectivity index (χ3v) is 4.51. The van der Waals surface area contributed by atoms with Crippen LogP contribution in [0.25, 0.3) is 0 Å². The molecule has 5 nitrogen and oxygen atoms in total. The van der Waals surface area contributed by atoms with Gasteiger partial charge in [0.25, 0.3) is 0 Å². The monoisotopic (exact) mass is 481 g/mol. The molecule has 1 atom stereocenters. The molecule has 1 unspecified atom stereocenters. The van der Waals surface area contributed by atoms with Crippen molar-refractivity contribution in [3.8, 4) is 0 Å². The molecule has 0 fully saturated rings. The summed E-state index contributed by atoms with van der Waals surface area (Å²) in [5.41, 5.74) is 0. The van der Waals surface area contributed by atoms with E-state index >= 15 is 0 Å². The van der Waals surface area contributed by atoms with Crippen molar-refractivity contribution in [3.05, 3.63) is 22.4 Å². The first-order valence-corrected chi connectivity index (χ1v) is 9.65. The van der Waals surface area contributed by atoms with Gasteiger partial charge in [0, 0.05) is 30.9 Å². The van der Waals surface area contributed by atoms with Gasteiger partial charge in [-0.15, -0.1) is 35.3 Å². The fourth-order valence-corrected chi connectivity index (χ4v) is 3.18. The van der Waals surface area contributed by atoms with Gasteiger partial charge in [-0.2, -0.15) is 0 Å². The third-order valence-electron chi connectivity index (χ3n) is 3.61. The Morgan fingerprint density at radius 1 is 1.32 bits per heavy atom. The molecule has 1 rings (SSSR count). The number of carbonyl (C=O) groups is 1. The van der Waals surface area contributed by atoms with Crippen molar-refractivity contribution in [1.29, 1.82) is 0 Å². The Morgan fingerprint density at radius 3 is 2.76 bits per heavy atom. The summed E-state index contributed by atoms with van der Waals surface area (Å²) in [5, 5.41) is 8.77. The second-order valence-corrected chi connectivity index (χ2v) is 6.95. The summed E-state index contributed by atoms with van der Waals surface area (Å²) in [4.78, 5) is 17.1. The maximum Gasteiger partial charge on any atom is 0.305 e. The van der Waals surface area contributed by atoms with E-state index in [-0.39, 0.29) is 29.9 Å². The SMILES string of the molecule is CCNC(=NCC(C)Cc1cccs1)NCCCCCC(=O)OC.I. The summed E-state index contributed by atoms with van der Waals surface area (Å²) in [6.07, 6.45) is 4.49. The van der Waals surface area contributed by atoms with Crippen LogP contribution in [-0.4, -0.2) is 38.7 Å². The van der Waals surface area contributed by atoms with Crippen molar-refractivity contribution < 1.29 is 9.53 Å². The van der Waals surface area contributed by atoms with Gasteiger partial charge in [0.05, 0.1) is 7.11 Å². The van der Waals surface area contributed by atoms with Gasteiger partial charge in [0.15, 0.2) is 5.96 Å². The minimum absolute atomic E-state index is 0. The molecule has 0 aliphatic carbocycles. The fourth-order valence-electron chi connectivity index (χ4n) is 2.31. The van der Waals surface area contributed by atoms with E-state index in [1.807, 2.05) is 11.3 Å². The minimum atomic E-state index is -0.127. The highest BCUT2D eigenvalue weighted by molar-refractivity contribution is 14.0. The zero-order valence-electron chi connectivity index (χ0n) is 15.5. The maximum atomic E-state index is 11.0. The number of methoxy groups -OCH3 is 1. The molecule has 1 aromatic rings. The summed E-state index contributed by atoms with van der Waals surface area (Å²) in [5.74, 6) is 1.28. The summed E-state index contributed by atoms with van der Waals surface area (Å²) in [7, 11) is 1.43. The van der Waals surface area contributed by atoms with Gasteiger partial charge in [-0.1, -0.05) is 19.4 Å². The van der Waals surface area contributed by atoms with Gasteiger partial charge < -0.3 is 15.4 Å². The Kier molecular flexibility index (Phi) is 14.9. The van der Waals surface area contributed by atoms with E-state index in [1.54, 1.807) is 0 Å². The van der Waals surface area contributed by atoms with Crippen LogP contribution in [0.2, 0.25) is 0 Å². The predicted octanol–water partition coefficient (Wildman–Crippen LogP) is 3.83. The van der Waals surface area contributed by atoms with Crippen molar-refractivity contribution in [2.45, 2.75) is 46.0 Å². The zero-order chi connectivity index (χ0) is 17.6. The molecule has 0 radical (unpaired) electrons. The first kappa shape index (κ1) is 24.2. The van der Waals surface area contributed by atoms with Crippen LogP contribution in [0.4, 0.5) is 0 Å². The van der Waals surface area contributed by atoms with Gasteiger partial charge in [-0.25, -0.2) is 0 Å². The Morgan fingerprint density at radius 2 is 2.12 bits per heavy atom. The molecule has 7 heteroatoms. The molecule has 0 aromatic carbocycles. The number of ether oxygens (including phenoxy) is 1. The van der Waals surface area contributed by atoms with Crippen LogP contribution in [-0.2, 0) is 16.0 Å². The number of nitrogens with zero attached hydrogens (tertiary/aromatic N) is 1. The molecule has 0 amide bonds. The van der Waals surface area contributed by atoms with E-state index in [4.69, 9.17) is 0 Å². The second-order valence-electron chi connectivity index (χ2n) is 5.92. The highest BCUT2D eigenvalue weighted by Crippen LogP contribution is 2.14. The van der Waals surface area contributed by atoms with Gasteiger partial charge in [0.1, 0.15) is 0 Å². The predicted molar refractivity (Wildman–Crippen MR) is 117 cm³/mol. The first-order valence-electron chi connectivity index (χ1n) is 8.77. The van der Waals surface area contributed by atoms with Crippen molar-refractivity contribution >= 4 is 47.2 Å². The quantitative estimate of drug-likeness (QED) is 0.166. The molecule has 144 valence electrons. The van der Waals surface area contributed by atoms with Crippen LogP contribution in [0.5, 0.6) is 0 Å². The number of thiophene rings is 1. The van der Waals surface area contributed by atoms with E-state index < -0.39 is 0 Å². The van der Waals surface area contributed by atoms with Crippen LogP contribution in [0.1, 0.15) is 44.4 Å². The van der Waals surface area contributed by atoms with Crippen LogP contribution in [0.15, 0.2) is 22.5 Å². The molecule has 1 aromatic heterocycles. The molecule has 0 aliphatic rings. The number of nitrogens with one attached hydrogen (secondary N) is 2.